The average Bonchev–Trinajstić information content (AvgIpc) is 2.52. The summed E-state index contributed by atoms with van der Waals surface area (Å²) in [4.78, 5) is 15.6. The lowest BCUT2D eigenvalue weighted by atomic mass is 10.4. The number of amides is 1. The number of rotatable bonds is 4. The van der Waals surface area contributed by atoms with Gasteiger partial charge in [-0.2, -0.15) is 0 Å². The zero-order valence-corrected chi connectivity index (χ0v) is 8.02. The minimum atomic E-state index is 0.0350. The third kappa shape index (κ3) is 2.04. The van der Waals surface area contributed by atoms with Gasteiger partial charge in [-0.1, -0.05) is 6.92 Å². The van der Waals surface area contributed by atoms with Crippen LogP contribution in [0.15, 0.2) is 6.20 Å². The highest BCUT2D eigenvalue weighted by Gasteiger charge is 2.07. The number of hydrogen-bond acceptors (Lipinski definition) is 3. The Kier molecular flexibility index (Phi) is 3.22. The standard InChI is InChI=1S/C8H12N2OS/c1-3-7-4-9-8(12-7)6(2)10-5-11/h4-6H,3H2,1-2H3,(H,10,11). The maximum Gasteiger partial charge on any atom is 0.207 e. The number of nitrogens with one attached hydrogen (secondary N) is 1. The largest absolute Gasteiger partial charge is 0.350 e. The fraction of sp³-hybridized carbons (Fsp3) is 0.500. The van der Waals surface area contributed by atoms with Crippen molar-refractivity contribution in [3.05, 3.63) is 16.1 Å². The molecular formula is C8H12N2OS. The predicted molar refractivity (Wildman–Crippen MR) is 49.1 cm³/mol. The molecule has 1 aromatic rings. The molecule has 1 heterocycles. The van der Waals surface area contributed by atoms with E-state index in [1.807, 2.05) is 13.1 Å². The van der Waals surface area contributed by atoms with E-state index in [1.165, 1.54) is 4.88 Å². The van der Waals surface area contributed by atoms with Crippen molar-refractivity contribution in [3.63, 3.8) is 0 Å². The van der Waals surface area contributed by atoms with Crippen molar-refractivity contribution in [1.82, 2.24) is 10.3 Å². The number of aryl methyl sites for hydroxylation is 1. The molecular weight excluding hydrogens is 172 g/mol. The molecule has 3 nitrogen and oxygen atoms in total. The number of thiazole rings is 1. The molecule has 0 saturated carbocycles. The van der Waals surface area contributed by atoms with E-state index in [2.05, 4.69) is 17.2 Å². The molecule has 4 heteroatoms. The zero-order chi connectivity index (χ0) is 8.97. The minimum Gasteiger partial charge on any atom is -0.350 e. The highest BCUT2D eigenvalue weighted by Crippen LogP contribution is 2.19. The van der Waals surface area contributed by atoms with Gasteiger partial charge in [0.15, 0.2) is 0 Å². The van der Waals surface area contributed by atoms with Crippen LogP contribution in [-0.4, -0.2) is 11.4 Å². The number of carbonyl (C=O) groups excluding carboxylic acids is 1. The minimum absolute atomic E-state index is 0.0350. The van der Waals surface area contributed by atoms with E-state index in [4.69, 9.17) is 0 Å². The lowest BCUT2D eigenvalue weighted by molar-refractivity contribution is -0.110. The Labute approximate surface area is 75.8 Å². The smallest absolute Gasteiger partial charge is 0.207 e. The van der Waals surface area contributed by atoms with Gasteiger partial charge in [-0.3, -0.25) is 4.79 Å². The Morgan fingerprint density at radius 2 is 2.58 bits per heavy atom. The summed E-state index contributed by atoms with van der Waals surface area (Å²) >= 11 is 1.65. The number of hydrogen-bond donors (Lipinski definition) is 1. The van der Waals surface area contributed by atoms with E-state index < -0.39 is 0 Å². The van der Waals surface area contributed by atoms with Crippen molar-refractivity contribution in [3.8, 4) is 0 Å². The molecule has 12 heavy (non-hydrogen) atoms. The van der Waals surface area contributed by atoms with Crippen molar-refractivity contribution >= 4 is 17.7 Å². The summed E-state index contributed by atoms with van der Waals surface area (Å²) in [6, 6.07) is 0.0350. The van der Waals surface area contributed by atoms with Crippen LogP contribution < -0.4 is 5.32 Å². The molecule has 0 saturated heterocycles. The van der Waals surface area contributed by atoms with Crippen LogP contribution in [0.4, 0.5) is 0 Å². The molecule has 1 rings (SSSR count). The van der Waals surface area contributed by atoms with Crippen molar-refractivity contribution < 1.29 is 4.79 Å². The van der Waals surface area contributed by atoms with Gasteiger partial charge < -0.3 is 5.32 Å². The molecule has 0 spiro atoms. The zero-order valence-electron chi connectivity index (χ0n) is 7.20. The first-order valence-electron chi connectivity index (χ1n) is 3.92. The fourth-order valence-corrected chi connectivity index (χ4v) is 1.73. The highest BCUT2D eigenvalue weighted by atomic mass is 32.1. The summed E-state index contributed by atoms with van der Waals surface area (Å²) in [7, 11) is 0. The van der Waals surface area contributed by atoms with Crippen LogP contribution in [-0.2, 0) is 11.2 Å². The number of carbonyl (C=O) groups is 1. The van der Waals surface area contributed by atoms with Gasteiger partial charge in [-0.05, 0) is 13.3 Å². The molecule has 0 aromatic carbocycles. The van der Waals surface area contributed by atoms with E-state index >= 15 is 0 Å². The molecule has 1 N–H and O–H groups in total. The SMILES string of the molecule is CCc1cnc(C(C)NC=O)s1. The van der Waals surface area contributed by atoms with Crippen LogP contribution in [0.3, 0.4) is 0 Å². The molecule has 1 atom stereocenters. The fourth-order valence-electron chi connectivity index (χ4n) is 0.860. The van der Waals surface area contributed by atoms with Crippen molar-refractivity contribution in [2.24, 2.45) is 0 Å². The molecule has 1 amide bonds. The quantitative estimate of drug-likeness (QED) is 0.721. The van der Waals surface area contributed by atoms with E-state index in [0.29, 0.717) is 6.41 Å². The van der Waals surface area contributed by atoms with Gasteiger partial charge in [0, 0.05) is 11.1 Å². The Balaban J connectivity index is 2.67. The van der Waals surface area contributed by atoms with Gasteiger partial charge in [-0.25, -0.2) is 4.98 Å². The van der Waals surface area contributed by atoms with Crippen molar-refractivity contribution in [2.75, 3.05) is 0 Å². The van der Waals surface area contributed by atoms with Crippen LogP contribution in [0.2, 0.25) is 0 Å². The van der Waals surface area contributed by atoms with Gasteiger partial charge in [0.05, 0.1) is 6.04 Å². The summed E-state index contributed by atoms with van der Waals surface area (Å²) in [5.41, 5.74) is 0. The summed E-state index contributed by atoms with van der Waals surface area (Å²) in [6.45, 7) is 4.02. The normalized spacial score (nSPS) is 12.5. The predicted octanol–water partition coefficient (Wildman–Crippen LogP) is 1.51. The highest BCUT2D eigenvalue weighted by molar-refractivity contribution is 7.11. The molecule has 66 valence electrons. The second kappa shape index (κ2) is 4.21. The Hall–Kier alpha value is -0.900. The third-order valence-electron chi connectivity index (χ3n) is 1.61. The van der Waals surface area contributed by atoms with Gasteiger partial charge >= 0.3 is 0 Å². The lowest BCUT2D eigenvalue weighted by Crippen LogP contribution is -2.15. The second-order valence-electron chi connectivity index (χ2n) is 2.52. The van der Waals surface area contributed by atoms with Gasteiger partial charge in [0.25, 0.3) is 0 Å². The Bertz CT molecular complexity index is 259. The molecule has 0 bridgehead atoms. The first-order valence-corrected chi connectivity index (χ1v) is 4.73. The summed E-state index contributed by atoms with van der Waals surface area (Å²) < 4.78 is 0. The molecule has 0 aliphatic rings. The summed E-state index contributed by atoms with van der Waals surface area (Å²) in [5.74, 6) is 0. The maximum atomic E-state index is 10.1. The average molecular weight is 184 g/mol. The number of nitrogens with zero attached hydrogens (tertiary/aromatic N) is 1. The van der Waals surface area contributed by atoms with E-state index in [-0.39, 0.29) is 6.04 Å². The van der Waals surface area contributed by atoms with Gasteiger partial charge in [0.1, 0.15) is 5.01 Å². The van der Waals surface area contributed by atoms with Crippen LogP contribution in [0.5, 0.6) is 0 Å². The maximum absolute atomic E-state index is 10.1. The topological polar surface area (TPSA) is 42.0 Å². The first kappa shape index (κ1) is 9.19. The number of aromatic nitrogens is 1. The van der Waals surface area contributed by atoms with Gasteiger partial charge in [-0.15, -0.1) is 11.3 Å². The van der Waals surface area contributed by atoms with Crippen LogP contribution in [0.1, 0.15) is 29.8 Å². The molecule has 1 unspecified atom stereocenters. The van der Waals surface area contributed by atoms with Crippen molar-refractivity contribution in [2.45, 2.75) is 26.3 Å². The van der Waals surface area contributed by atoms with E-state index in [0.717, 1.165) is 11.4 Å². The lowest BCUT2D eigenvalue weighted by Gasteiger charge is -2.04. The second-order valence-corrected chi connectivity index (χ2v) is 3.67. The summed E-state index contributed by atoms with van der Waals surface area (Å²) in [6.07, 6.45) is 3.58. The Morgan fingerprint density at radius 1 is 1.83 bits per heavy atom. The van der Waals surface area contributed by atoms with Crippen LogP contribution >= 0.6 is 11.3 Å². The van der Waals surface area contributed by atoms with Crippen LogP contribution in [0, 0.1) is 0 Å². The molecule has 0 radical (unpaired) electrons. The van der Waals surface area contributed by atoms with Gasteiger partial charge in [0.2, 0.25) is 6.41 Å². The third-order valence-corrected chi connectivity index (χ3v) is 2.93. The molecule has 1 aromatic heterocycles. The Morgan fingerprint density at radius 3 is 3.08 bits per heavy atom. The van der Waals surface area contributed by atoms with E-state index in [9.17, 15) is 4.79 Å². The van der Waals surface area contributed by atoms with Crippen molar-refractivity contribution in [1.29, 1.82) is 0 Å². The first-order chi connectivity index (χ1) is 5.77. The van der Waals surface area contributed by atoms with E-state index in [1.54, 1.807) is 11.3 Å². The molecule has 0 fully saturated rings. The molecule has 0 aliphatic carbocycles. The van der Waals surface area contributed by atoms with Crippen LogP contribution in [0.25, 0.3) is 0 Å². The summed E-state index contributed by atoms with van der Waals surface area (Å²) in [5, 5.41) is 3.64. The monoisotopic (exact) mass is 184 g/mol. The molecule has 0 aliphatic heterocycles.